The van der Waals surface area contributed by atoms with Gasteiger partial charge in [0.1, 0.15) is 23.6 Å². The monoisotopic (exact) mass is 403 g/mol. The van der Waals surface area contributed by atoms with Crippen LogP contribution in [0.2, 0.25) is 0 Å². The Morgan fingerprint density at radius 1 is 1.07 bits per heavy atom. The molecule has 8 heteroatoms. The van der Waals surface area contributed by atoms with Crippen LogP contribution in [0.25, 0.3) is 5.69 Å². The molecular weight excluding hydrogens is 376 g/mol. The molecule has 2 aromatic rings. The number of carbonyl (C=O) groups excluding carboxylic acids is 1. The van der Waals surface area contributed by atoms with Crippen molar-refractivity contribution in [3.8, 4) is 5.69 Å². The predicted molar refractivity (Wildman–Crippen MR) is 105 cm³/mol. The van der Waals surface area contributed by atoms with E-state index >= 15 is 0 Å². The van der Waals surface area contributed by atoms with E-state index in [1.165, 1.54) is 12.1 Å². The Morgan fingerprint density at radius 2 is 1.79 bits per heavy atom. The third-order valence-electron chi connectivity index (χ3n) is 5.64. The van der Waals surface area contributed by atoms with Gasteiger partial charge in [-0.15, -0.1) is 10.2 Å². The second-order valence-corrected chi connectivity index (χ2v) is 8.01. The Hall–Kier alpha value is -2.51. The van der Waals surface area contributed by atoms with E-state index in [-0.39, 0.29) is 17.9 Å². The lowest BCUT2D eigenvalue weighted by atomic mass is 9.94. The van der Waals surface area contributed by atoms with E-state index in [4.69, 9.17) is 0 Å². The number of hydrogen-bond donors (Lipinski definition) is 2. The maximum atomic E-state index is 13.3. The first-order valence-corrected chi connectivity index (χ1v) is 10.5. The van der Waals surface area contributed by atoms with Gasteiger partial charge in [-0.25, -0.2) is 13.6 Å². The number of rotatable bonds is 7. The van der Waals surface area contributed by atoms with E-state index < -0.39 is 6.17 Å². The number of aromatic nitrogens is 3. The highest BCUT2D eigenvalue weighted by Gasteiger charge is 2.30. The molecule has 0 bridgehead atoms. The quantitative estimate of drug-likeness (QED) is 0.691. The molecule has 4 rings (SSSR count). The molecule has 2 aliphatic carbocycles. The molecule has 1 aromatic carbocycles. The van der Waals surface area contributed by atoms with Crippen molar-refractivity contribution in [1.29, 1.82) is 0 Å². The summed E-state index contributed by atoms with van der Waals surface area (Å²) < 4.78 is 28.5. The first-order valence-electron chi connectivity index (χ1n) is 10.5. The molecular formula is C21H27F2N5O. The molecule has 2 amide bonds. The van der Waals surface area contributed by atoms with Crippen molar-refractivity contribution in [3.63, 3.8) is 0 Å². The van der Waals surface area contributed by atoms with Gasteiger partial charge < -0.3 is 10.6 Å². The first kappa shape index (κ1) is 19.8. The number of nitrogens with one attached hydrogen (secondary N) is 2. The van der Waals surface area contributed by atoms with E-state index in [1.54, 1.807) is 12.1 Å². The summed E-state index contributed by atoms with van der Waals surface area (Å²) in [6.07, 6.45) is 5.28. The highest BCUT2D eigenvalue weighted by molar-refractivity contribution is 5.74. The molecule has 156 valence electrons. The highest BCUT2D eigenvalue weighted by Crippen LogP contribution is 2.40. The zero-order valence-corrected chi connectivity index (χ0v) is 16.4. The summed E-state index contributed by atoms with van der Waals surface area (Å²) in [7, 11) is 0. The highest BCUT2D eigenvalue weighted by atomic mass is 19.1. The van der Waals surface area contributed by atoms with Crippen LogP contribution in [-0.2, 0) is 6.42 Å². The normalized spacial score (nSPS) is 21.7. The van der Waals surface area contributed by atoms with Gasteiger partial charge in [0, 0.05) is 30.6 Å². The van der Waals surface area contributed by atoms with E-state index in [9.17, 15) is 13.6 Å². The topological polar surface area (TPSA) is 71.8 Å². The average molecular weight is 403 g/mol. The molecule has 0 saturated heterocycles. The van der Waals surface area contributed by atoms with Crippen LogP contribution < -0.4 is 10.6 Å². The summed E-state index contributed by atoms with van der Waals surface area (Å²) in [5.41, 5.74) is 0.863. The van der Waals surface area contributed by atoms with Gasteiger partial charge in [0.15, 0.2) is 0 Å². The summed E-state index contributed by atoms with van der Waals surface area (Å²) in [4.78, 5) is 12.0. The van der Waals surface area contributed by atoms with E-state index in [1.807, 2.05) is 4.57 Å². The molecule has 0 radical (unpaired) electrons. The van der Waals surface area contributed by atoms with Crippen LogP contribution in [-0.4, -0.2) is 39.6 Å². The van der Waals surface area contributed by atoms with E-state index in [0.29, 0.717) is 51.0 Å². The minimum absolute atomic E-state index is 0.0599. The van der Waals surface area contributed by atoms with Crippen molar-refractivity contribution in [2.45, 2.75) is 69.5 Å². The number of urea groups is 1. The van der Waals surface area contributed by atoms with Crippen LogP contribution in [0.15, 0.2) is 24.3 Å². The van der Waals surface area contributed by atoms with Gasteiger partial charge in [-0.05, 0) is 69.2 Å². The van der Waals surface area contributed by atoms with Crippen molar-refractivity contribution < 1.29 is 13.6 Å². The summed E-state index contributed by atoms with van der Waals surface area (Å²) in [5.74, 6) is 1.90. The van der Waals surface area contributed by atoms with Crippen LogP contribution in [0, 0.1) is 5.82 Å². The Balaban J connectivity index is 1.30. The molecule has 2 N–H and O–H groups in total. The lowest BCUT2D eigenvalue weighted by Crippen LogP contribution is -2.44. The predicted octanol–water partition coefficient (Wildman–Crippen LogP) is 3.80. The van der Waals surface area contributed by atoms with Crippen molar-refractivity contribution in [2.75, 3.05) is 6.54 Å². The number of nitrogens with zero attached hydrogens (tertiary/aromatic N) is 3. The van der Waals surface area contributed by atoms with Gasteiger partial charge >= 0.3 is 6.03 Å². The van der Waals surface area contributed by atoms with E-state index in [0.717, 1.165) is 30.2 Å². The maximum absolute atomic E-state index is 13.3. The molecule has 29 heavy (non-hydrogen) atoms. The SMILES string of the molecule is O=C(NCCCc1nnc(C2CC2)n1-c1ccc(F)cc1)NC1CCC(F)CC1. The smallest absolute Gasteiger partial charge is 0.315 e. The van der Waals surface area contributed by atoms with E-state index in [2.05, 4.69) is 20.8 Å². The summed E-state index contributed by atoms with van der Waals surface area (Å²) in [5, 5.41) is 14.5. The number of carbonyl (C=O) groups is 1. The second kappa shape index (κ2) is 8.88. The number of hydrogen-bond acceptors (Lipinski definition) is 3. The minimum Gasteiger partial charge on any atom is -0.338 e. The lowest BCUT2D eigenvalue weighted by Gasteiger charge is -2.25. The molecule has 2 fully saturated rings. The Bertz CT molecular complexity index is 826. The second-order valence-electron chi connectivity index (χ2n) is 8.01. The lowest BCUT2D eigenvalue weighted by molar-refractivity contribution is 0.207. The number of benzene rings is 1. The molecule has 2 aliphatic rings. The summed E-state index contributed by atoms with van der Waals surface area (Å²) in [6.45, 7) is 0.513. The summed E-state index contributed by atoms with van der Waals surface area (Å²) >= 11 is 0. The van der Waals surface area contributed by atoms with Crippen LogP contribution in [0.5, 0.6) is 0 Å². The molecule has 0 aliphatic heterocycles. The van der Waals surface area contributed by atoms with Crippen molar-refractivity contribution in [3.05, 3.63) is 41.7 Å². The Morgan fingerprint density at radius 3 is 2.48 bits per heavy atom. The van der Waals surface area contributed by atoms with Crippen LogP contribution in [0.3, 0.4) is 0 Å². The van der Waals surface area contributed by atoms with Crippen molar-refractivity contribution in [1.82, 2.24) is 25.4 Å². The fraction of sp³-hybridized carbons (Fsp3) is 0.571. The maximum Gasteiger partial charge on any atom is 0.315 e. The molecule has 1 aromatic heterocycles. The number of halogens is 2. The molecule has 1 heterocycles. The van der Waals surface area contributed by atoms with Crippen LogP contribution in [0.1, 0.15) is 62.5 Å². The van der Waals surface area contributed by atoms with Crippen molar-refractivity contribution >= 4 is 6.03 Å². The summed E-state index contributed by atoms with van der Waals surface area (Å²) in [6, 6.07) is 6.23. The van der Waals surface area contributed by atoms with Crippen LogP contribution in [0.4, 0.5) is 13.6 Å². The standard InChI is InChI=1S/C21H27F2N5O/c22-15-5-9-17(10-6-15)25-21(29)24-13-1-2-19-26-27-20(14-3-4-14)28(19)18-11-7-16(23)8-12-18/h7-8,11-12,14-15,17H,1-6,9-10,13H2,(H2,24,25,29). The third-order valence-corrected chi connectivity index (χ3v) is 5.64. The first-order chi connectivity index (χ1) is 14.1. The van der Waals surface area contributed by atoms with Gasteiger partial charge in [0.05, 0.1) is 0 Å². The zero-order valence-electron chi connectivity index (χ0n) is 16.4. The van der Waals surface area contributed by atoms with Crippen LogP contribution >= 0.6 is 0 Å². The fourth-order valence-corrected chi connectivity index (χ4v) is 3.85. The van der Waals surface area contributed by atoms with Crippen molar-refractivity contribution in [2.24, 2.45) is 0 Å². The van der Waals surface area contributed by atoms with Gasteiger partial charge in [0.25, 0.3) is 0 Å². The van der Waals surface area contributed by atoms with Gasteiger partial charge in [-0.2, -0.15) is 0 Å². The number of alkyl halides is 1. The molecule has 0 atom stereocenters. The average Bonchev–Trinajstić information content (AvgIpc) is 3.48. The molecule has 0 spiro atoms. The molecule has 0 unspecified atom stereocenters. The molecule has 2 saturated carbocycles. The number of amides is 2. The van der Waals surface area contributed by atoms with Gasteiger partial charge in [0.2, 0.25) is 0 Å². The Kier molecular flexibility index (Phi) is 6.06. The molecule has 6 nitrogen and oxygen atoms in total. The third kappa shape index (κ3) is 5.10. The minimum atomic E-state index is -0.727. The fourth-order valence-electron chi connectivity index (χ4n) is 3.85. The Labute approximate surface area is 169 Å². The number of aryl methyl sites for hydroxylation is 1. The van der Waals surface area contributed by atoms with Gasteiger partial charge in [-0.3, -0.25) is 4.57 Å². The largest absolute Gasteiger partial charge is 0.338 e. The van der Waals surface area contributed by atoms with Gasteiger partial charge in [-0.1, -0.05) is 0 Å². The zero-order chi connectivity index (χ0) is 20.2.